The number of rotatable bonds is 6. The first-order valence-electron chi connectivity index (χ1n) is 4.31. The fourth-order valence-electron chi connectivity index (χ4n) is 0.837. The average molecular weight is 203 g/mol. The maximum atomic E-state index is 11.3. The summed E-state index contributed by atoms with van der Waals surface area (Å²) in [5, 5.41) is 11.1. The summed E-state index contributed by atoms with van der Waals surface area (Å²) in [7, 11) is 3.21. The minimum atomic E-state index is -0.0161. The van der Waals surface area contributed by atoms with Crippen LogP contribution in [0.2, 0.25) is 0 Å². The second kappa shape index (κ2) is 7.14. The van der Waals surface area contributed by atoms with E-state index in [0.29, 0.717) is 26.0 Å². The highest BCUT2D eigenvalue weighted by atomic mass is 16.5. The van der Waals surface area contributed by atoms with Crippen molar-refractivity contribution in [2.75, 3.05) is 27.3 Å². The normalized spacial score (nSPS) is 11.4. The van der Waals surface area contributed by atoms with Crippen molar-refractivity contribution in [3.05, 3.63) is 0 Å². The van der Waals surface area contributed by atoms with E-state index in [4.69, 9.17) is 15.7 Å². The van der Waals surface area contributed by atoms with E-state index >= 15 is 0 Å². The Morgan fingerprint density at radius 2 is 2.21 bits per heavy atom. The summed E-state index contributed by atoms with van der Waals surface area (Å²) in [5.74, 6) is 0.106. The molecule has 14 heavy (non-hydrogen) atoms. The van der Waals surface area contributed by atoms with Crippen molar-refractivity contribution >= 4 is 11.7 Å². The van der Waals surface area contributed by atoms with Crippen molar-refractivity contribution in [2.24, 2.45) is 10.9 Å². The first kappa shape index (κ1) is 12.7. The van der Waals surface area contributed by atoms with Gasteiger partial charge in [0.25, 0.3) is 0 Å². The van der Waals surface area contributed by atoms with Crippen LogP contribution in [0.15, 0.2) is 5.16 Å². The van der Waals surface area contributed by atoms with E-state index < -0.39 is 0 Å². The molecule has 0 aromatic carbocycles. The summed E-state index contributed by atoms with van der Waals surface area (Å²) in [6, 6.07) is 0. The molecule has 0 unspecified atom stereocenters. The van der Waals surface area contributed by atoms with E-state index in [1.165, 1.54) is 4.90 Å². The Kier molecular flexibility index (Phi) is 6.47. The van der Waals surface area contributed by atoms with Gasteiger partial charge in [-0.25, -0.2) is 0 Å². The Hall–Kier alpha value is -1.30. The number of nitrogens with zero attached hydrogens (tertiary/aromatic N) is 2. The average Bonchev–Trinajstić information content (AvgIpc) is 2.21. The van der Waals surface area contributed by atoms with Gasteiger partial charge in [-0.15, -0.1) is 0 Å². The van der Waals surface area contributed by atoms with Gasteiger partial charge in [-0.3, -0.25) is 4.79 Å². The first-order valence-corrected chi connectivity index (χ1v) is 4.31. The monoisotopic (exact) mass is 203 g/mol. The topological polar surface area (TPSA) is 88.2 Å². The molecule has 0 aromatic rings. The summed E-state index contributed by atoms with van der Waals surface area (Å²) >= 11 is 0. The first-order chi connectivity index (χ1) is 6.61. The Bertz CT molecular complexity index is 206. The highest BCUT2D eigenvalue weighted by Gasteiger charge is 2.08. The summed E-state index contributed by atoms with van der Waals surface area (Å²) < 4.78 is 4.77. The fraction of sp³-hybridized carbons (Fsp3) is 0.750. The number of carbonyl (C=O) groups is 1. The third-order valence-corrected chi connectivity index (χ3v) is 1.78. The number of oxime groups is 1. The van der Waals surface area contributed by atoms with E-state index in [2.05, 4.69) is 5.16 Å². The fourth-order valence-corrected chi connectivity index (χ4v) is 0.837. The Morgan fingerprint density at radius 1 is 1.57 bits per heavy atom. The van der Waals surface area contributed by atoms with E-state index in [1.54, 1.807) is 14.2 Å². The molecule has 0 saturated heterocycles. The molecule has 0 aliphatic carbocycles. The third kappa shape index (κ3) is 5.36. The number of nitrogens with two attached hydrogens (primary N) is 1. The minimum Gasteiger partial charge on any atom is -0.409 e. The number of amides is 1. The molecule has 0 rings (SSSR count). The van der Waals surface area contributed by atoms with E-state index in [1.807, 2.05) is 0 Å². The van der Waals surface area contributed by atoms with Gasteiger partial charge < -0.3 is 20.6 Å². The Labute approximate surface area is 83.3 Å². The lowest BCUT2D eigenvalue weighted by Gasteiger charge is -2.16. The number of amidine groups is 1. The number of hydrogen-bond donors (Lipinski definition) is 2. The van der Waals surface area contributed by atoms with Crippen LogP contribution in [0.3, 0.4) is 0 Å². The summed E-state index contributed by atoms with van der Waals surface area (Å²) in [4.78, 5) is 12.8. The number of methoxy groups -OCH3 is 1. The molecule has 0 fully saturated rings. The van der Waals surface area contributed by atoms with Crippen molar-refractivity contribution in [3.63, 3.8) is 0 Å². The van der Waals surface area contributed by atoms with Crippen molar-refractivity contribution in [3.8, 4) is 0 Å². The second-order valence-corrected chi connectivity index (χ2v) is 2.90. The molecule has 6 nitrogen and oxygen atoms in total. The van der Waals surface area contributed by atoms with Gasteiger partial charge in [-0.1, -0.05) is 5.16 Å². The van der Waals surface area contributed by atoms with Crippen LogP contribution < -0.4 is 5.73 Å². The molecule has 82 valence electrons. The highest BCUT2D eigenvalue weighted by molar-refractivity contribution is 5.81. The smallest absolute Gasteiger partial charge is 0.224 e. The van der Waals surface area contributed by atoms with E-state index in [9.17, 15) is 4.79 Å². The van der Waals surface area contributed by atoms with Gasteiger partial charge in [-0.2, -0.15) is 0 Å². The van der Waals surface area contributed by atoms with Crippen LogP contribution in [0.25, 0.3) is 0 Å². The van der Waals surface area contributed by atoms with Gasteiger partial charge in [0.1, 0.15) is 5.84 Å². The van der Waals surface area contributed by atoms with Crippen LogP contribution in [-0.4, -0.2) is 49.2 Å². The second-order valence-electron chi connectivity index (χ2n) is 2.90. The summed E-state index contributed by atoms with van der Waals surface area (Å²) in [6.07, 6.45) is 0.717. The zero-order valence-corrected chi connectivity index (χ0v) is 8.56. The number of hydrogen-bond acceptors (Lipinski definition) is 4. The summed E-state index contributed by atoms with van der Waals surface area (Å²) in [6.45, 7) is 0.852. The van der Waals surface area contributed by atoms with Crippen LogP contribution in [0.1, 0.15) is 12.8 Å². The SMILES string of the molecule is COCCC(=O)N(C)CCC(N)=NO. The van der Waals surface area contributed by atoms with E-state index in [-0.39, 0.29) is 11.7 Å². The quantitative estimate of drug-likeness (QED) is 0.266. The number of carbonyl (C=O) groups excluding carboxylic acids is 1. The molecule has 0 bridgehead atoms. The van der Waals surface area contributed by atoms with Gasteiger partial charge in [0, 0.05) is 27.1 Å². The van der Waals surface area contributed by atoms with Crippen molar-refractivity contribution in [2.45, 2.75) is 12.8 Å². The zero-order chi connectivity index (χ0) is 11.0. The molecule has 0 atom stereocenters. The van der Waals surface area contributed by atoms with Crippen LogP contribution in [-0.2, 0) is 9.53 Å². The van der Waals surface area contributed by atoms with Crippen LogP contribution in [0.5, 0.6) is 0 Å². The van der Waals surface area contributed by atoms with Gasteiger partial charge in [-0.05, 0) is 0 Å². The predicted octanol–water partition coefficient (Wildman–Crippen LogP) is -0.382. The van der Waals surface area contributed by atoms with Gasteiger partial charge >= 0.3 is 0 Å². The molecular formula is C8H17N3O3. The molecule has 0 aromatic heterocycles. The lowest BCUT2D eigenvalue weighted by Crippen LogP contribution is -2.31. The largest absolute Gasteiger partial charge is 0.409 e. The van der Waals surface area contributed by atoms with Gasteiger partial charge in [0.15, 0.2) is 0 Å². The van der Waals surface area contributed by atoms with Crippen molar-refractivity contribution in [1.82, 2.24) is 4.90 Å². The lowest BCUT2D eigenvalue weighted by molar-refractivity contribution is -0.130. The molecule has 0 saturated carbocycles. The van der Waals surface area contributed by atoms with Crippen molar-refractivity contribution in [1.29, 1.82) is 0 Å². The lowest BCUT2D eigenvalue weighted by atomic mass is 10.3. The third-order valence-electron chi connectivity index (χ3n) is 1.78. The highest BCUT2D eigenvalue weighted by Crippen LogP contribution is 1.93. The summed E-state index contributed by atoms with van der Waals surface area (Å²) in [5.41, 5.74) is 5.26. The minimum absolute atomic E-state index is 0.0161. The molecule has 0 radical (unpaired) electrons. The standard InChI is InChI=1S/C8H17N3O3/c1-11(5-3-7(9)10-13)8(12)4-6-14-2/h13H,3-6H2,1-2H3,(H2,9,10). The molecule has 3 N–H and O–H groups in total. The van der Waals surface area contributed by atoms with Gasteiger partial charge in [0.2, 0.25) is 5.91 Å². The van der Waals surface area contributed by atoms with Crippen LogP contribution in [0, 0.1) is 0 Å². The molecule has 0 spiro atoms. The Morgan fingerprint density at radius 3 is 2.71 bits per heavy atom. The van der Waals surface area contributed by atoms with Crippen molar-refractivity contribution < 1.29 is 14.7 Å². The molecular weight excluding hydrogens is 186 g/mol. The zero-order valence-electron chi connectivity index (χ0n) is 8.56. The number of ether oxygens (including phenoxy) is 1. The Balaban J connectivity index is 3.72. The molecule has 6 heteroatoms. The van der Waals surface area contributed by atoms with Gasteiger partial charge in [0.05, 0.1) is 13.0 Å². The molecule has 0 aliphatic heterocycles. The van der Waals surface area contributed by atoms with E-state index in [0.717, 1.165) is 0 Å². The maximum absolute atomic E-state index is 11.3. The molecule has 0 heterocycles. The molecule has 0 aliphatic rings. The van der Waals surface area contributed by atoms with Crippen LogP contribution in [0.4, 0.5) is 0 Å². The van der Waals surface area contributed by atoms with Crippen LogP contribution >= 0.6 is 0 Å². The molecule has 1 amide bonds. The predicted molar refractivity (Wildman–Crippen MR) is 52.2 cm³/mol. The maximum Gasteiger partial charge on any atom is 0.224 e.